The molecular weight excluding hydrogens is 181 g/mol. The van der Waals surface area contributed by atoms with Gasteiger partial charge in [-0.15, -0.1) is 0 Å². The molecule has 0 spiro atoms. The highest BCUT2D eigenvalue weighted by Gasteiger charge is 2.05. The normalized spacial score (nSPS) is 10.5. The summed E-state index contributed by atoms with van der Waals surface area (Å²) in [7, 11) is 0. The van der Waals surface area contributed by atoms with E-state index < -0.39 is 0 Å². The van der Waals surface area contributed by atoms with E-state index in [4.69, 9.17) is 0 Å². The highest BCUT2D eigenvalue weighted by Crippen LogP contribution is 2.17. The van der Waals surface area contributed by atoms with Crippen LogP contribution in [0.15, 0.2) is 18.2 Å². The number of aryl methyl sites for hydroxylation is 2. The molecule has 0 amide bonds. The quantitative estimate of drug-likeness (QED) is 0.750. The maximum absolute atomic E-state index is 13.0. The van der Waals surface area contributed by atoms with Gasteiger partial charge in [0.2, 0.25) is 0 Å². The molecule has 0 radical (unpaired) electrons. The Morgan fingerprint density at radius 1 is 1.29 bits per heavy atom. The third kappa shape index (κ3) is 1.51. The van der Waals surface area contributed by atoms with Crippen molar-refractivity contribution in [3.05, 3.63) is 35.4 Å². The Balaban J connectivity index is 2.47. The Labute approximate surface area is 81.0 Å². The van der Waals surface area contributed by atoms with E-state index in [1.54, 1.807) is 19.1 Å². The maximum Gasteiger partial charge on any atom is 0.181 e. The first-order chi connectivity index (χ1) is 6.66. The SMILES string of the molecule is Cc1nc(-c2ccc(F)c(C)c2)n[nH]1. The van der Waals surface area contributed by atoms with Crippen LogP contribution in [0.25, 0.3) is 11.4 Å². The van der Waals surface area contributed by atoms with Crippen molar-refractivity contribution in [3.8, 4) is 11.4 Å². The number of aromatic amines is 1. The number of hydrogen-bond acceptors (Lipinski definition) is 2. The number of nitrogens with zero attached hydrogens (tertiary/aromatic N) is 2. The second kappa shape index (κ2) is 3.21. The van der Waals surface area contributed by atoms with Crippen LogP contribution in [0.1, 0.15) is 11.4 Å². The smallest absolute Gasteiger partial charge is 0.181 e. The van der Waals surface area contributed by atoms with Crippen molar-refractivity contribution >= 4 is 0 Å². The fourth-order valence-corrected chi connectivity index (χ4v) is 1.26. The molecule has 0 aliphatic carbocycles. The van der Waals surface area contributed by atoms with E-state index >= 15 is 0 Å². The Hall–Kier alpha value is -1.71. The fraction of sp³-hybridized carbons (Fsp3) is 0.200. The first kappa shape index (κ1) is 8.87. The van der Waals surface area contributed by atoms with Crippen molar-refractivity contribution in [2.24, 2.45) is 0 Å². The number of rotatable bonds is 1. The van der Waals surface area contributed by atoms with Crippen molar-refractivity contribution in [2.45, 2.75) is 13.8 Å². The van der Waals surface area contributed by atoms with Crippen molar-refractivity contribution in [1.29, 1.82) is 0 Å². The van der Waals surface area contributed by atoms with Crippen LogP contribution in [0.3, 0.4) is 0 Å². The van der Waals surface area contributed by atoms with E-state index in [1.165, 1.54) is 6.07 Å². The summed E-state index contributed by atoms with van der Waals surface area (Å²) in [5, 5.41) is 6.74. The largest absolute Gasteiger partial charge is 0.263 e. The molecule has 1 aromatic carbocycles. The molecule has 4 heteroatoms. The van der Waals surface area contributed by atoms with Gasteiger partial charge in [-0.2, -0.15) is 5.10 Å². The second-order valence-electron chi connectivity index (χ2n) is 3.21. The molecule has 1 N–H and O–H groups in total. The van der Waals surface area contributed by atoms with E-state index in [9.17, 15) is 4.39 Å². The van der Waals surface area contributed by atoms with Crippen LogP contribution in [0.5, 0.6) is 0 Å². The minimum atomic E-state index is -0.207. The van der Waals surface area contributed by atoms with E-state index in [0.29, 0.717) is 11.4 Å². The van der Waals surface area contributed by atoms with E-state index in [2.05, 4.69) is 15.2 Å². The average molecular weight is 191 g/mol. The predicted molar refractivity (Wildman–Crippen MR) is 51.3 cm³/mol. The molecule has 0 unspecified atom stereocenters. The van der Waals surface area contributed by atoms with Crippen LogP contribution >= 0.6 is 0 Å². The lowest BCUT2D eigenvalue weighted by Crippen LogP contribution is -1.85. The summed E-state index contributed by atoms with van der Waals surface area (Å²) >= 11 is 0. The van der Waals surface area contributed by atoms with Crippen LogP contribution in [-0.4, -0.2) is 15.2 Å². The van der Waals surface area contributed by atoms with Gasteiger partial charge in [0.05, 0.1) is 0 Å². The van der Waals surface area contributed by atoms with E-state index in [0.717, 1.165) is 11.4 Å². The van der Waals surface area contributed by atoms with Crippen molar-refractivity contribution in [1.82, 2.24) is 15.2 Å². The van der Waals surface area contributed by atoms with Gasteiger partial charge in [0.15, 0.2) is 5.82 Å². The summed E-state index contributed by atoms with van der Waals surface area (Å²) in [6, 6.07) is 4.83. The molecule has 0 aliphatic rings. The van der Waals surface area contributed by atoms with Crippen LogP contribution in [0, 0.1) is 19.7 Å². The fourth-order valence-electron chi connectivity index (χ4n) is 1.26. The second-order valence-corrected chi connectivity index (χ2v) is 3.21. The van der Waals surface area contributed by atoms with Gasteiger partial charge in [-0.3, -0.25) is 5.10 Å². The number of halogens is 1. The molecule has 0 aliphatic heterocycles. The predicted octanol–water partition coefficient (Wildman–Crippen LogP) is 2.23. The van der Waals surface area contributed by atoms with Gasteiger partial charge in [-0.1, -0.05) is 0 Å². The molecule has 0 fully saturated rings. The summed E-state index contributed by atoms with van der Waals surface area (Å²) in [6.45, 7) is 3.55. The lowest BCUT2D eigenvalue weighted by atomic mass is 10.1. The number of aromatic nitrogens is 3. The van der Waals surface area contributed by atoms with Gasteiger partial charge < -0.3 is 0 Å². The van der Waals surface area contributed by atoms with Gasteiger partial charge in [-0.05, 0) is 37.6 Å². The number of H-pyrrole nitrogens is 1. The first-order valence-electron chi connectivity index (χ1n) is 4.32. The number of nitrogens with one attached hydrogen (secondary N) is 1. The summed E-state index contributed by atoms with van der Waals surface area (Å²) < 4.78 is 13.0. The molecule has 2 rings (SSSR count). The Morgan fingerprint density at radius 3 is 2.64 bits per heavy atom. The van der Waals surface area contributed by atoms with E-state index in [-0.39, 0.29) is 5.82 Å². The van der Waals surface area contributed by atoms with Crippen molar-refractivity contribution in [3.63, 3.8) is 0 Å². The molecule has 3 nitrogen and oxygen atoms in total. The average Bonchev–Trinajstić information content (AvgIpc) is 2.57. The third-order valence-electron chi connectivity index (χ3n) is 2.01. The molecule has 1 heterocycles. The standard InChI is InChI=1S/C10H10FN3/c1-6-5-8(3-4-9(6)11)10-12-7(2)13-14-10/h3-5H,1-2H3,(H,12,13,14). The van der Waals surface area contributed by atoms with Gasteiger partial charge in [0, 0.05) is 5.56 Å². The minimum absolute atomic E-state index is 0.207. The number of benzene rings is 1. The molecule has 72 valence electrons. The zero-order valence-electron chi connectivity index (χ0n) is 8.00. The van der Waals surface area contributed by atoms with Crippen LogP contribution in [-0.2, 0) is 0 Å². The van der Waals surface area contributed by atoms with Crippen LogP contribution < -0.4 is 0 Å². The molecule has 14 heavy (non-hydrogen) atoms. The van der Waals surface area contributed by atoms with Crippen molar-refractivity contribution < 1.29 is 4.39 Å². The van der Waals surface area contributed by atoms with Gasteiger partial charge in [0.25, 0.3) is 0 Å². The van der Waals surface area contributed by atoms with Crippen LogP contribution in [0.2, 0.25) is 0 Å². The highest BCUT2D eigenvalue weighted by atomic mass is 19.1. The minimum Gasteiger partial charge on any atom is -0.263 e. The lowest BCUT2D eigenvalue weighted by Gasteiger charge is -1.98. The Kier molecular flexibility index (Phi) is 2.04. The summed E-state index contributed by atoms with van der Waals surface area (Å²) in [4.78, 5) is 4.16. The first-order valence-corrected chi connectivity index (χ1v) is 4.32. The zero-order valence-corrected chi connectivity index (χ0v) is 8.00. The van der Waals surface area contributed by atoms with E-state index in [1.807, 2.05) is 6.92 Å². The highest BCUT2D eigenvalue weighted by molar-refractivity contribution is 5.55. The zero-order chi connectivity index (χ0) is 10.1. The van der Waals surface area contributed by atoms with Crippen molar-refractivity contribution in [2.75, 3.05) is 0 Å². The number of hydrogen-bond donors (Lipinski definition) is 1. The lowest BCUT2D eigenvalue weighted by molar-refractivity contribution is 0.618. The molecular formula is C10H10FN3. The molecule has 0 atom stereocenters. The van der Waals surface area contributed by atoms with Crippen LogP contribution in [0.4, 0.5) is 4.39 Å². The summed E-state index contributed by atoms with van der Waals surface area (Å²) in [6.07, 6.45) is 0. The topological polar surface area (TPSA) is 41.6 Å². The molecule has 0 bridgehead atoms. The third-order valence-corrected chi connectivity index (χ3v) is 2.01. The monoisotopic (exact) mass is 191 g/mol. The molecule has 0 saturated carbocycles. The van der Waals surface area contributed by atoms with Gasteiger partial charge >= 0.3 is 0 Å². The Morgan fingerprint density at radius 2 is 2.07 bits per heavy atom. The van der Waals surface area contributed by atoms with Gasteiger partial charge in [-0.25, -0.2) is 9.37 Å². The molecule has 0 saturated heterocycles. The maximum atomic E-state index is 13.0. The summed E-state index contributed by atoms with van der Waals surface area (Å²) in [5.74, 6) is 1.15. The summed E-state index contributed by atoms with van der Waals surface area (Å²) in [5.41, 5.74) is 1.43. The Bertz CT molecular complexity index is 462. The van der Waals surface area contributed by atoms with Gasteiger partial charge in [0.1, 0.15) is 11.6 Å². The molecule has 1 aromatic heterocycles. The molecule has 2 aromatic rings.